The quantitative estimate of drug-likeness (QED) is 0.879. The molecule has 2 nitrogen and oxygen atoms in total. The van der Waals surface area contributed by atoms with E-state index in [-0.39, 0.29) is 18.3 Å². The predicted octanol–water partition coefficient (Wildman–Crippen LogP) is 2.93. The van der Waals surface area contributed by atoms with Crippen molar-refractivity contribution in [3.63, 3.8) is 0 Å². The summed E-state index contributed by atoms with van der Waals surface area (Å²) in [5.41, 5.74) is 5.67. The summed E-state index contributed by atoms with van der Waals surface area (Å²) in [4.78, 5) is 11.2. The van der Waals surface area contributed by atoms with Crippen LogP contribution >= 0.6 is 35.6 Å². The summed E-state index contributed by atoms with van der Waals surface area (Å²) in [6.07, 6.45) is 1.58. The van der Waals surface area contributed by atoms with E-state index in [0.717, 1.165) is 18.4 Å². The number of carbonyl (C=O) groups is 1. The number of amides is 1. The van der Waals surface area contributed by atoms with Gasteiger partial charge in [-0.3, -0.25) is 4.79 Å². The highest BCUT2D eigenvalue weighted by Gasteiger charge is 2.50. The Labute approximate surface area is 104 Å². The lowest BCUT2D eigenvalue weighted by Gasteiger charge is -2.11. The zero-order valence-electron chi connectivity index (χ0n) is 7.80. The molecule has 0 atom stereocenters. The second kappa shape index (κ2) is 4.20. The first-order chi connectivity index (χ1) is 6.54. The topological polar surface area (TPSA) is 43.1 Å². The maximum Gasteiger partial charge on any atom is 0.228 e. The third-order valence-corrected chi connectivity index (χ3v) is 3.07. The van der Waals surface area contributed by atoms with Crippen molar-refractivity contribution >= 4 is 41.5 Å². The lowest BCUT2D eigenvalue weighted by molar-refractivity contribution is -0.120. The van der Waals surface area contributed by atoms with Gasteiger partial charge in [0, 0.05) is 10.0 Å². The van der Waals surface area contributed by atoms with Crippen LogP contribution in [0.2, 0.25) is 10.0 Å². The van der Waals surface area contributed by atoms with Gasteiger partial charge in [-0.1, -0.05) is 23.2 Å². The van der Waals surface area contributed by atoms with E-state index in [1.165, 1.54) is 0 Å². The molecule has 1 aromatic carbocycles. The van der Waals surface area contributed by atoms with Crippen LogP contribution in [0.5, 0.6) is 0 Å². The van der Waals surface area contributed by atoms with Crippen LogP contribution in [0.3, 0.4) is 0 Å². The molecular formula is C10H10Cl3NO. The Morgan fingerprint density at radius 3 is 2.00 bits per heavy atom. The normalized spacial score (nSPS) is 16.7. The third-order valence-electron chi connectivity index (χ3n) is 2.64. The van der Waals surface area contributed by atoms with Crippen molar-refractivity contribution in [2.24, 2.45) is 5.73 Å². The van der Waals surface area contributed by atoms with E-state index < -0.39 is 5.41 Å². The highest BCUT2D eigenvalue weighted by molar-refractivity contribution is 6.34. The van der Waals surface area contributed by atoms with Gasteiger partial charge in [-0.2, -0.15) is 0 Å². The summed E-state index contributed by atoms with van der Waals surface area (Å²) in [7, 11) is 0. The van der Waals surface area contributed by atoms with Gasteiger partial charge in [0.05, 0.1) is 5.41 Å². The van der Waals surface area contributed by atoms with Crippen molar-refractivity contribution < 1.29 is 4.79 Å². The van der Waals surface area contributed by atoms with Gasteiger partial charge in [0.1, 0.15) is 0 Å². The number of hydrogen-bond acceptors (Lipinski definition) is 1. The Kier molecular flexibility index (Phi) is 3.54. The first-order valence-electron chi connectivity index (χ1n) is 4.31. The Bertz CT molecular complexity index is 381. The zero-order chi connectivity index (χ0) is 10.3. The Morgan fingerprint density at radius 1 is 1.20 bits per heavy atom. The molecular weight excluding hydrogens is 256 g/mol. The van der Waals surface area contributed by atoms with E-state index in [2.05, 4.69) is 0 Å². The number of benzene rings is 1. The van der Waals surface area contributed by atoms with Crippen molar-refractivity contribution in [3.05, 3.63) is 33.8 Å². The Morgan fingerprint density at radius 2 is 1.67 bits per heavy atom. The maximum absolute atomic E-state index is 11.2. The van der Waals surface area contributed by atoms with Crippen LogP contribution in [-0.2, 0) is 10.2 Å². The lowest BCUT2D eigenvalue weighted by Crippen LogP contribution is -2.28. The Hall–Kier alpha value is -0.440. The highest BCUT2D eigenvalue weighted by Crippen LogP contribution is 2.48. The van der Waals surface area contributed by atoms with Gasteiger partial charge < -0.3 is 5.73 Å². The van der Waals surface area contributed by atoms with Crippen LogP contribution in [0.25, 0.3) is 0 Å². The molecule has 2 N–H and O–H groups in total. The van der Waals surface area contributed by atoms with Gasteiger partial charge in [0.25, 0.3) is 0 Å². The molecule has 1 aliphatic carbocycles. The molecule has 82 valence electrons. The van der Waals surface area contributed by atoms with Gasteiger partial charge in [-0.25, -0.2) is 0 Å². The van der Waals surface area contributed by atoms with Crippen molar-refractivity contribution in [3.8, 4) is 0 Å². The molecule has 0 spiro atoms. The fourth-order valence-corrected chi connectivity index (χ4v) is 2.16. The second-order valence-corrected chi connectivity index (χ2v) is 4.48. The van der Waals surface area contributed by atoms with Crippen molar-refractivity contribution in [1.29, 1.82) is 0 Å². The summed E-state index contributed by atoms with van der Waals surface area (Å²) in [6, 6.07) is 5.15. The van der Waals surface area contributed by atoms with Gasteiger partial charge in [0.15, 0.2) is 0 Å². The molecule has 0 bridgehead atoms. The largest absolute Gasteiger partial charge is 0.369 e. The molecule has 1 saturated carbocycles. The monoisotopic (exact) mass is 265 g/mol. The molecule has 1 fully saturated rings. The fraction of sp³-hybridized carbons (Fsp3) is 0.300. The average Bonchev–Trinajstić information content (AvgIpc) is 2.81. The number of halogens is 3. The van der Waals surface area contributed by atoms with Crippen LogP contribution < -0.4 is 5.73 Å². The van der Waals surface area contributed by atoms with E-state index >= 15 is 0 Å². The summed E-state index contributed by atoms with van der Waals surface area (Å²) < 4.78 is 0. The maximum atomic E-state index is 11.2. The number of primary amides is 1. The van der Waals surface area contributed by atoms with E-state index in [9.17, 15) is 4.79 Å². The van der Waals surface area contributed by atoms with Crippen molar-refractivity contribution in [1.82, 2.24) is 0 Å². The second-order valence-electron chi connectivity index (χ2n) is 3.60. The highest BCUT2D eigenvalue weighted by atomic mass is 35.5. The minimum Gasteiger partial charge on any atom is -0.369 e. The van der Waals surface area contributed by atoms with E-state index in [1.54, 1.807) is 18.2 Å². The van der Waals surface area contributed by atoms with Crippen LogP contribution in [0.1, 0.15) is 18.4 Å². The number of rotatable bonds is 2. The molecule has 1 amide bonds. The summed E-state index contributed by atoms with van der Waals surface area (Å²) in [6.45, 7) is 0. The van der Waals surface area contributed by atoms with Crippen LogP contribution in [-0.4, -0.2) is 5.91 Å². The summed E-state index contributed by atoms with van der Waals surface area (Å²) in [5, 5.41) is 1.08. The van der Waals surface area contributed by atoms with Crippen LogP contribution in [0, 0.1) is 0 Å². The van der Waals surface area contributed by atoms with E-state index in [4.69, 9.17) is 28.9 Å². The number of hydrogen-bond donors (Lipinski definition) is 1. The van der Waals surface area contributed by atoms with Gasteiger partial charge in [-0.05, 0) is 36.6 Å². The molecule has 5 heteroatoms. The zero-order valence-corrected chi connectivity index (χ0v) is 10.1. The lowest BCUT2D eigenvalue weighted by atomic mass is 9.95. The average molecular weight is 267 g/mol. The Balaban J connectivity index is 0.00000112. The van der Waals surface area contributed by atoms with Gasteiger partial charge in [0.2, 0.25) is 5.91 Å². The predicted molar refractivity (Wildman–Crippen MR) is 63.8 cm³/mol. The van der Waals surface area contributed by atoms with Gasteiger partial charge >= 0.3 is 0 Å². The molecule has 1 aliphatic rings. The van der Waals surface area contributed by atoms with Crippen LogP contribution in [0.15, 0.2) is 18.2 Å². The first kappa shape index (κ1) is 12.6. The summed E-state index contributed by atoms with van der Waals surface area (Å²) in [5.74, 6) is -0.296. The molecule has 0 aliphatic heterocycles. The van der Waals surface area contributed by atoms with Crippen LogP contribution in [0.4, 0.5) is 0 Å². The number of carbonyl (C=O) groups excluding carboxylic acids is 1. The third kappa shape index (κ3) is 2.22. The molecule has 0 unspecified atom stereocenters. The van der Waals surface area contributed by atoms with Gasteiger partial charge in [-0.15, -0.1) is 12.4 Å². The molecule has 0 heterocycles. The van der Waals surface area contributed by atoms with Crippen molar-refractivity contribution in [2.75, 3.05) is 0 Å². The molecule has 0 radical (unpaired) electrons. The fourth-order valence-electron chi connectivity index (χ4n) is 1.63. The summed E-state index contributed by atoms with van der Waals surface area (Å²) >= 11 is 11.7. The molecule has 0 aromatic heterocycles. The SMILES string of the molecule is Cl.NC(=O)C1(c2cc(Cl)cc(Cl)c2)CC1. The minimum atomic E-state index is -0.505. The molecule has 0 saturated heterocycles. The molecule has 15 heavy (non-hydrogen) atoms. The van der Waals surface area contributed by atoms with E-state index in [1.807, 2.05) is 0 Å². The molecule has 1 aromatic rings. The smallest absolute Gasteiger partial charge is 0.228 e. The standard InChI is InChI=1S/C10H9Cl2NO.ClH/c11-7-3-6(4-8(12)5-7)10(1-2-10)9(13)14;/h3-5H,1-2H2,(H2,13,14);1H. The number of nitrogens with two attached hydrogens (primary N) is 1. The minimum absolute atomic E-state index is 0. The van der Waals surface area contributed by atoms with E-state index in [0.29, 0.717) is 10.0 Å². The van der Waals surface area contributed by atoms with Crippen molar-refractivity contribution in [2.45, 2.75) is 18.3 Å². The molecule has 2 rings (SSSR count). The first-order valence-corrected chi connectivity index (χ1v) is 5.07.